The van der Waals surface area contributed by atoms with Crippen LogP contribution in [-0.2, 0) is 12.8 Å². The quantitative estimate of drug-likeness (QED) is 0.245. The van der Waals surface area contributed by atoms with E-state index in [0.717, 1.165) is 81.5 Å². The van der Waals surface area contributed by atoms with Crippen LogP contribution < -0.4 is 0 Å². The Kier molecular flexibility index (Phi) is 5.89. The highest BCUT2D eigenvalue weighted by Gasteiger charge is 2.19. The van der Waals surface area contributed by atoms with Crippen LogP contribution in [0.3, 0.4) is 0 Å². The summed E-state index contributed by atoms with van der Waals surface area (Å²) < 4.78 is 0. The van der Waals surface area contributed by atoms with Crippen molar-refractivity contribution in [1.29, 1.82) is 0 Å². The molecule has 4 nitrogen and oxygen atoms in total. The zero-order valence-corrected chi connectivity index (χ0v) is 22.4. The molecule has 0 spiro atoms. The number of aliphatic imine (C=N–C) groups is 1. The van der Waals surface area contributed by atoms with E-state index < -0.39 is 0 Å². The van der Waals surface area contributed by atoms with Gasteiger partial charge < -0.3 is 0 Å². The lowest BCUT2D eigenvalue weighted by atomic mass is 9.93. The molecule has 1 unspecified atom stereocenters. The van der Waals surface area contributed by atoms with E-state index in [1.807, 2.05) is 0 Å². The normalized spacial score (nSPS) is 16.5. The van der Waals surface area contributed by atoms with Gasteiger partial charge in [0.2, 0.25) is 0 Å². The second kappa shape index (κ2) is 9.70. The van der Waals surface area contributed by atoms with Gasteiger partial charge in [0.05, 0.1) is 22.4 Å². The molecular formula is C35H30N4. The first-order chi connectivity index (χ1) is 19.2. The lowest BCUT2D eigenvalue weighted by molar-refractivity contribution is 0.823. The number of fused-ring (bicyclic) bond motifs is 4. The third kappa shape index (κ3) is 4.26. The smallest absolute Gasteiger partial charge is 0.160 e. The Bertz CT molecular complexity index is 1840. The SMILES string of the molecule is CCc1cc(-c2cccc(-c3nc(C4C=CC=CC4)c4ccccc4n3)c2)c2ccc3c(c2n1)N=C(C)CC3. The van der Waals surface area contributed by atoms with Gasteiger partial charge in [0, 0.05) is 33.7 Å². The van der Waals surface area contributed by atoms with Gasteiger partial charge in [-0.15, -0.1) is 0 Å². The average molecular weight is 507 g/mol. The molecule has 3 aromatic carbocycles. The Hall–Kier alpha value is -4.44. The van der Waals surface area contributed by atoms with Crippen LogP contribution in [0, 0.1) is 0 Å². The fourth-order valence-electron chi connectivity index (χ4n) is 5.80. The lowest BCUT2D eigenvalue weighted by Crippen LogP contribution is -2.04. The Morgan fingerprint density at radius 1 is 0.821 bits per heavy atom. The van der Waals surface area contributed by atoms with Gasteiger partial charge >= 0.3 is 0 Å². The minimum atomic E-state index is 0.247. The van der Waals surface area contributed by atoms with Crippen LogP contribution in [0.25, 0.3) is 44.3 Å². The maximum absolute atomic E-state index is 5.17. The van der Waals surface area contributed by atoms with Crippen LogP contribution in [0.1, 0.15) is 49.6 Å². The molecule has 0 amide bonds. The Morgan fingerprint density at radius 3 is 2.59 bits per heavy atom. The van der Waals surface area contributed by atoms with Crippen LogP contribution in [0.2, 0.25) is 0 Å². The van der Waals surface area contributed by atoms with Gasteiger partial charge in [-0.2, -0.15) is 0 Å². The van der Waals surface area contributed by atoms with Crippen molar-refractivity contribution in [2.45, 2.75) is 45.4 Å². The van der Waals surface area contributed by atoms with Gasteiger partial charge in [-0.05, 0) is 67.5 Å². The number of allylic oxidation sites excluding steroid dienone is 4. The van der Waals surface area contributed by atoms with Gasteiger partial charge in [-0.25, -0.2) is 9.97 Å². The maximum atomic E-state index is 5.17. The predicted molar refractivity (Wildman–Crippen MR) is 162 cm³/mol. The summed E-state index contributed by atoms with van der Waals surface area (Å²) in [4.78, 5) is 20.2. The number of aromatic nitrogens is 3. The fraction of sp³-hybridized carbons (Fsp3) is 0.200. The minimum absolute atomic E-state index is 0.247. The number of hydrogen-bond donors (Lipinski definition) is 0. The summed E-state index contributed by atoms with van der Waals surface area (Å²) in [6.45, 7) is 4.28. The first-order valence-corrected chi connectivity index (χ1v) is 13.9. The van der Waals surface area contributed by atoms with Crippen molar-refractivity contribution in [3.05, 3.63) is 108 Å². The predicted octanol–water partition coefficient (Wildman–Crippen LogP) is 8.71. The van der Waals surface area contributed by atoms with E-state index in [9.17, 15) is 0 Å². The van der Waals surface area contributed by atoms with Crippen LogP contribution >= 0.6 is 0 Å². The number of benzene rings is 3. The molecule has 2 aliphatic rings. The molecular weight excluding hydrogens is 476 g/mol. The molecule has 5 aromatic rings. The van der Waals surface area contributed by atoms with E-state index in [2.05, 4.69) is 105 Å². The third-order valence-corrected chi connectivity index (χ3v) is 7.91. The topological polar surface area (TPSA) is 51.0 Å². The Labute approximate surface area is 228 Å². The van der Waals surface area contributed by atoms with Crippen molar-refractivity contribution in [1.82, 2.24) is 15.0 Å². The molecule has 1 atom stereocenters. The molecule has 0 bridgehead atoms. The largest absolute Gasteiger partial charge is 0.256 e. The molecule has 39 heavy (non-hydrogen) atoms. The van der Waals surface area contributed by atoms with E-state index in [0.29, 0.717) is 0 Å². The highest BCUT2D eigenvalue weighted by molar-refractivity contribution is 6.03. The second-order valence-electron chi connectivity index (χ2n) is 10.5. The summed E-state index contributed by atoms with van der Waals surface area (Å²) in [5.41, 5.74) is 11.0. The van der Waals surface area contributed by atoms with Crippen molar-refractivity contribution < 1.29 is 0 Å². The van der Waals surface area contributed by atoms with Gasteiger partial charge in [0.15, 0.2) is 5.82 Å². The summed E-state index contributed by atoms with van der Waals surface area (Å²) in [5, 5.41) is 2.26. The summed E-state index contributed by atoms with van der Waals surface area (Å²) in [6, 6.07) is 23.7. The van der Waals surface area contributed by atoms with E-state index in [1.54, 1.807) is 0 Å². The van der Waals surface area contributed by atoms with Crippen molar-refractivity contribution in [2.24, 2.45) is 4.99 Å². The summed E-state index contributed by atoms with van der Waals surface area (Å²) >= 11 is 0. The first-order valence-electron chi connectivity index (χ1n) is 13.9. The van der Waals surface area contributed by atoms with Gasteiger partial charge in [-0.1, -0.05) is 79.8 Å². The van der Waals surface area contributed by atoms with Crippen molar-refractivity contribution >= 4 is 33.2 Å². The number of pyridine rings is 1. The highest BCUT2D eigenvalue weighted by Crippen LogP contribution is 2.39. The molecule has 4 heteroatoms. The van der Waals surface area contributed by atoms with Crippen molar-refractivity contribution in [2.75, 3.05) is 0 Å². The third-order valence-electron chi connectivity index (χ3n) is 7.91. The molecule has 1 aliphatic carbocycles. The lowest BCUT2D eigenvalue weighted by Gasteiger charge is -2.18. The van der Waals surface area contributed by atoms with E-state index in [-0.39, 0.29) is 5.92 Å². The molecule has 0 saturated carbocycles. The van der Waals surface area contributed by atoms with Crippen molar-refractivity contribution in [3.8, 4) is 22.5 Å². The molecule has 0 fully saturated rings. The number of aryl methyl sites for hydroxylation is 2. The van der Waals surface area contributed by atoms with Gasteiger partial charge in [0.1, 0.15) is 0 Å². The zero-order chi connectivity index (χ0) is 26.3. The second-order valence-corrected chi connectivity index (χ2v) is 10.5. The van der Waals surface area contributed by atoms with E-state index >= 15 is 0 Å². The van der Waals surface area contributed by atoms with Crippen LogP contribution in [0.5, 0.6) is 0 Å². The number of hydrogen-bond acceptors (Lipinski definition) is 4. The fourth-order valence-corrected chi connectivity index (χ4v) is 5.80. The molecule has 3 heterocycles. The molecule has 1 aliphatic heterocycles. The van der Waals surface area contributed by atoms with E-state index in [1.165, 1.54) is 16.8 Å². The Balaban J connectivity index is 1.40. The molecule has 190 valence electrons. The van der Waals surface area contributed by atoms with Gasteiger partial charge in [-0.3, -0.25) is 9.98 Å². The minimum Gasteiger partial charge on any atom is -0.256 e. The summed E-state index contributed by atoms with van der Waals surface area (Å²) in [7, 11) is 0. The van der Waals surface area contributed by atoms with Gasteiger partial charge in [0.25, 0.3) is 0 Å². The summed E-state index contributed by atoms with van der Waals surface area (Å²) in [5.74, 6) is 1.01. The zero-order valence-electron chi connectivity index (χ0n) is 22.4. The number of rotatable bonds is 4. The number of para-hydroxylation sites is 1. The average Bonchev–Trinajstić information content (AvgIpc) is 3.00. The van der Waals surface area contributed by atoms with Crippen LogP contribution in [0.15, 0.2) is 96.0 Å². The van der Waals surface area contributed by atoms with E-state index in [4.69, 9.17) is 19.9 Å². The molecule has 7 rings (SSSR count). The molecule has 0 saturated heterocycles. The number of nitrogens with zero attached hydrogens (tertiary/aromatic N) is 4. The van der Waals surface area contributed by atoms with Crippen molar-refractivity contribution in [3.63, 3.8) is 0 Å². The molecule has 2 aromatic heterocycles. The highest BCUT2D eigenvalue weighted by atomic mass is 14.9. The maximum Gasteiger partial charge on any atom is 0.160 e. The van der Waals surface area contributed by atoms with Crippen LogP contribution in [-0.4, -0.2) is 20.7 Å². The molecule has 0 radical (unpaired) electrons. The first kappa shape index (κ1) is 23.7. The summed E-state index contributed by atoms with van der Waals surface area (Å²) in [6.07, 6.45) is 12.6. The monoisotopic (exact) mass is 506 g/mol. The Morgan fingerprint density at radius 2 is 1.72 bits per heavy atom. The standard InChI is InChI=1S/C35H30N4/c1-3-27-21-30(28-19-18-24-17-16-22(2)36-33(24)34(28)37-27)25-12-9-13-26(20-25)35-38-31-15-8-7-14-29(31)32(39-35)23-10-5-4-6-11-23/h4-10,12-15,18-21,23H,3,11,16-17H2,1-2H3. The van der Waals surface area contributed by atoms with Crippen LogP contribution in [0.4, 0.5) is 5.69 Å². The molecule has 0 N–H and O–H groups in total.